The molecule has 4 fully saturated rings. The van der Waals surface area contributed by atoms with Crippen molar-refractivity contribution in [3.05, 3.63) is 0 Å². The van der Waals surface area contributed by atoms with E-state index < -0.39 is 11.8 Å². The molecule has 4 aliphatic rings. The van der Waals surface area contributed by atoms with Crippen molar-refractivity contribution >= 4 is 23.9 Å². The smallest absolute Gasteiger partial charge is 0.309 e. The van der Waals surface area contributed by atoms with E-state index in [0.717, 1.165) is 25.7 Å². The Bertz CT molecular complexity index is 768. The van der Waals surface area contributed by atoms with Crippen LogP contribution in [0.25, 0.3) is 0 Å². The maximum absolute atomic E-state index is 12.1. The summed E-state index contributed by atoms with van der Waals surface area (Å²) in [4.78, 5) is 47.3. The zero-order valence-electron chi connectivity index (χ0n) is 24.6. The fourth-order valence-electron chi connectivity index (χ4n) is 5.94. The second kappa shape index (κ2) is 16.3. The molecule has 228 valence electrons. The lowest BCUT2D eigenvalue weighted by atomic mass is 9.81. The third-order valence-electron chi connectivity index (χ3n) is 8.55. The van der Waals surface area contributed by atoms with E-state index in [4.69, 9.17) is 28.4 Å². The van der Waals surface area contributed by atoms with Crippen LogP contribution in [0.15, 0.2) is 0 Å². The SMILES string of the molecule is CCOC(=O)[C@@H](CC(=O)OC)[C@@H]1CCO[C@@H](C2CC2)C1.CCOC(=O)[C@@H](CC(=O)OC)[C@@H]1CCO[C@H](C2CC2)C1. The summed E-state index contributed by atoms with van der Waals surface area (Å²) in [5.74, 6) is -0.425. The molecular weight excluding hydrogens is 520 g/mol. The van der Waals surface area contributed by atoms with Crippen LogP contribution in [-0.4, -0.2) is 76.7 Å². The standard InChI is InChI=1S/2C15H24O5/c2*1-3-19-15(17)12(9-14(16)18-2)11-6-7-20-13(8-11)10-4-5-10/h2*10-13H,3-9H2,1-2H3/t11-,12+,13+;11-,12+,13-/m11/s1. The van der Waals surface area contributed by atoms with Gasteiger partial charge >= 0.3 is 23.9 Å². The molecule has 2 aliphatic carbocycles. The van der Waals surface area contributed by atoms with Gasteiger partial charge in [0.25, 0.3) is 0 Å². The summed E-state index contributed by atoms with van der Waals surface area (Å²) in [7, 11) is 2.70. The Hall–Kier alpha value is -2.20. The summed E-state index contributed by atoms with van der Waals surface area (Å²) in [6, 6.07) is 0. The first-order valence-electron chi connectivity index (χ1n) is 15.0. The van der Waals surface area contributed by atoms with Gasteiger partial charge in [0.2, 0.25) is 0 Å². The number of carbonyl (C=O) groups excluding carboxylic acids is 4. The lowest BCUT2D eigenvalue weighted by Gasteiger charge is -2.33. The van der Waals surface area contributed by atoms with Gasteiger partial charge in [0.1, 0.15) is 0 Å². The third kappa shape index (κ3) is 10.0. The van der Waals surface area contributed by atoms with E-state index in [9.17, 15) is 19.2 Å². The highest BCUT2D eigenvalue weighted by atomic mass is 16.5. The summed E-state index contributed by atoms with van der Waals surface area (Å²) in [6.45, 7) is 5.58. The maximum Gasteiger partial charge on any atom is 0.309 e. The van der Waals surface area contributed by atoms with Crippen LogP contribution in [0, 0.1) is 35.5 Å². The van der Waals surface area contributed by atoms with Gasteiger partial charge in [0, 0.05) is 13.2 Å². The Morgan fingerprint density at radius 3 is 1.32 bits per heavy atom. The Morgan fingerprint density at radius 1 is 0.650 bits per heavy atom. The van der Waals surface area contributed by atoms with Crippen molar-refractivity contribution in [2.24, 2.45) is 35.5 Å². The van der Waals surface area contributed by atoms with Crippen LogP contribution >= 0.6 is 0 Å². The van der Waals surface area contributed by atoms with Crippen molar-refractivity contribution in [1.29, 1.82) is 0 Å². The van der Waals surface area contributed by atoms with Gasteiger partial charge in [-0.1, -0.05) is 0 Å². The number of methoxy groups -OCH3 is 2. The zero-order valence-corrected chi connectivity index (χ0v) is 24.6. The monoisotopic (exact) mass is 568 g/mol. The highest BCUT2D eigenvalue weighted by molar-refractivity contribution is 5.80. The highest BCUT2D eigenvalue weighted by Gasteiger charge is 2.42. The molecule has 2 aliphatic heterocycles. The van der Waals surface area contributed by atoms with E-state index in [-0.39, 0.29) is 60.8 Å². The third-order valence-corrected chi connectivity index (χ3v) is 8.55. The van der Waals surface area contributed by atoms with Crippen LogP contribution in [-0.2, 0) is 47.6 Å². The fraction of sp³-hybridized carbons (Fsp3) is 0.867. The van der Waals surface area contributed by atoms with Crippen LogP contribution in [0.2, 0.25) is 0 Å². The number of esters is 4. The molecule has 0 aromatic rings. The van der Waals surface area contributed by atoms with Crippen molar-refractivity contribution in [2.45, 2.75) is 90.3 Å². The fourth-order valence-corrected chi connectivity index (χ4v) is 5.94. The molecule has 0 N–H and O–H groups in total. The van der Waals surface area contributed by atoms with E-state index in [2.05, 4.69) is 0 Å². The van der Waals surface area contributed by atoms with Crippen LogP contribution < -0.4 is 0 Å². The van der Waals surface area contributed by atoms with Crippen LogP contribution in [0.3, 0.4) is 0 Å². The summed E-state index contributed by atoms with van der Waals surface area (Å²) in [6.07, 6.45) is 8.93. The molecule has 0 radical (unpaired) electrons. The quantitative estimate of drug-likeness (QED) is 0.253. The summed E-state index contributed by atoms with van der Waals surface area (Å²) in [5.41, 5.74) is 0. The van der Waals surface area contributed by atoms with Gasteiger partial charge in [-0.2, -0.15) is 0 Å². The Balaban J connectivity index is 0.000000220. The minimum Gasteiger partial charge on any atom is -0.469 e. The normalized spacial score (nSPS) is 27.7. The van der Waals surface area contributed by atoms with Crippen LogP contribution in [0.1, 0.15) is 78.1 Å². The molecule has 6 atom stereocenters. The van der Waals surface area contributed by atoms with Gasteiger partial charge in [0.15, 0.2) is 0 Å². The highest BCUT2D eigenvalue weighted by Crippen LogP contribution is 2.43. The van der Waals surface area contributed by atoms with E-state index in [1.165, 1.54) is 39.9 Å². The number of hydrogen-bond donors (Lipinski definition) is 0. The number of hydrogen-bond acceptors (Lipinski definition) is 10. The average molecular weight is 569 g/mol. The zero-order chi connectivity index (χ0) is 29.1. The molecule has 0 aromatic carbocycles. The van der Waals surface area contributed by atoms with Crippen molar-refractivity contribution in [3.8, 4) is 0 Å². The minimum atomic E-state index is -0.396. The molecule has 40 heavy (non-hydrogen) atoms. The molecule has 0 amide bonds. The molecule has 0 aromatic heterocycles. The van der Waals surface area contributed by atoms with Gasteiger partial charge in [-0.25, -0.2) is 0 Å². The molecule has 0 bridgehead atoms. The largest absolute Gasteiger partial charge is 0.469 e. The molecule has 0 unspecified atom stereocenters. The number of carbonyl (C=O) groups is 4. The predicted molar refractivity (Wildman–Crippen MR) is 144 cm³/mol. The predicted octanol–water partition coefficient (Wildman–Crippen LogP) is 3.87. The van der Waals surface area contributed by atoms with Gasteiger partial charge in [-0.3, -0.25) is 19.2 Å². The average Bonchev–Trinajstić information content (AvgIpc) is 3.88. The molecule has 2 saturated heterocycles. The van der Waals surface area contributed by atoms with Gasteiger partial charge in [-0.15, -0.1) is 0 Å². The van der Waals surface area contributed by atoms with Crippen LogP contribution in [0.4, 0.5) is 0 Å². The minimum absolute atomic E-state index is 0.109. The van der Waals surface area contributed by atoms with Gasteiger partial charge < -0.3 is 28.4 Å². The maximum atomic E-state index is 12.1. The lowest BCUT2D eigenvalue weighted by molar-refractivity contribution is -0.158. The lowest BCUT2D eigenvalue weighted by Crippen LogP contribution is -2.36. The summed E-state index contributed by atoms with van der Waals surface area (Å²) in [5, 5.41) is 0. The molecule has 10 heteroatoms. The van der Waals surface area contributed by atoms with Crippen molar-refractivity contribution < 1.29 is 47.6 Å². The first-order valence-corrected chi connectivity index (χ1v) is 15.0. The van der Waals surface area contributed by atoms with Crippen molar-refractivity contribution in [1.82, 2.24) is 0 Å². The van der Waals surface area contributed by atoms with Gasteiger partial charge in [0.05, 0.1) is 64.3 Å². The van der Waals surface area contributed by atoms with Crippen LogP contribution in [0.5, 0.6) is 0 Å². The molecule has 2 saturated carbocycles. The topological polar surface area (TPSA) is 124 Å². The van der Waals surface area contributed by atoms with E-state index in [1.807, 2.05) is 0 Å². The van der Waals surface area contributed by atoms with Crippen molar-refractivity contribution in [3.63, 3.8) is 0 Å². The Morgan fingerprint density at radius 2 is 1.02 bits per heavy atom. The number of ether oxygens (including phenoxy) is 6. The molecule has 2 heterocycles. The summed E-state index contributed by atoms with van der Waals surface area (Å²) < 4.78 is 31.2. The second-order valence-corrected chi connectivity index (χ2v) is 11.3. The van der Waals surface area contributed by atoms with E-state index in [0.29, 0.717) is 38.3 Å². The van der Waals surface area contributed by atoms with Crippen molar-refractivity contribution in [2.75, 3.05) is 40.6 Å². The number of rotatable bonds is 12. The Kier molecular flexibility index (Phi) is 13.2. The second-order valence-electron chi connectivity index (χ2n) is 11.3. The molecule has 4 rings (SSSR count). The van der Waals surface area contributed by atoms with E-state index in [1.54, 1.807) is 13.8 Å². The Labute approximate surface area is 238 Å². The molecule has 10 nitrogen and oxygen atoms in total. The first kappa shape index (κ1) is 32.3. The molecule has 0 spiro atoms. The molecular formula is C30H48O10. The first-order chi connectivity index (χ1) is 19.3. The summed E-state index contributed by atoms with van der Waals surface area (Å²) >= 11 is 0. The van der Waals surface area contributed by atoms with E-state index >= 15 is 0 Å². The van der Waals surface area contributed by atoms with Gasteiger partial charge in [-0.05, 0) is 88.9 Å².